The minimum absolute atomic E-state index is 0.106. The number of aryl methyl sites for hydroxylation is 2. The van der Waals surface area contributed by atoms with E-state index >= 15 is 0 Å². The van der Waals surface area contributed by atoms with Crippen LogP contribution in [0.4, 0.5) is 0 Å². The van der Waals surface area contributed by atoms with Crippen LogP contribution in [0.5, 0.6) is 0 Å². The number of aromatic nitrogens is 2. The van der Waals surface area contributed by atoms with E-state index in [2.05, 4.69) is 10.3 Å². The van der Waals surface area contributed by atoms with Gasteiger partial charge in [0.15, 0.2) is 0 Å². The van der Waals surface area contributed by atoms with Gasteiger partial charge >= 0.3 is 0 Å². The summed E-state index contributed by atoms with van der Waals surface area (Å²) in [5.41, 5.74) is 6.73. The zero-order valence-corrected chi connectivity index (χ0v) is 10.9. The molecule has 0 saturated heterocycles. The lowest BCUT2D eigenvalue weighted by Gasteiger charge is -2.16. The fourth-order valence-corrected chi connectivity index (χ4v) is 1.59. The van der Waals surface area contributed by atoms with Crippen molar-refractivity contribution in [2.45, 2.75) is 26.8 Å². The summed E-state index contributed by atoms with van der Waals surface area (Å²) in [5.74, 6) is -0.0157. The van der Waals surface area contributed by atoms with E-state index in [4.69, 9.17) is 10.9 Å². The molecule has 0 saturated carbocycles. The average Bonchev–Trinajstić information content (AvgIpc) is 2.75. The number of amides is 1. The highest BCUT2D eigenvalue weighted by atomic mass is 16.4. The van der Waals surface area contributed by atoms with Crippen molar-refractivity contribution < 1.29 is 10.0 Å². The third kappa shape index (κ3) is 3.22. The van der Waals surface area contributed by atoms with E-state index in [1.54, 1.807) is 17.8 Å². The van der Waals surface area contributed by atoms with Crippen LogP contribution >= 0.6 is 0 Å². The quantitative estimate of drug-likeness (QED) is 0.344. The zero-order valence-electron chi connectivity index (χ0n) is 10.9. The molecule has 0 bridgehead atoms. The van der Waals surface area contributed by atoms with E-state index in [-0.39, 0.29) is 11.7 Å². The average molecular weight is 253 g/mol. The van der Waals surface area contributed by atoms with Crippen molar-refractivity contribution in [2.24, 2.45) is 10.9 Å². The van der Waals surface area contributed by atoms with E-state index in [9.17, 15) is 4.79 Å². The molecular weight excluding hydrogens is 234 g/mol. The summed E-state index contributed by atoms with van der Waals surface area (Å²) in [6, 6.07) is 1.76. The van der Waals surface area contributed by atoms with Gasteiger partial charge in [0.25, 0.3) is 5.91 Å². The van der Waals surface area contributed by atoms with Crippen LogP contribution in [-0.2, 0) is 6.54 Å². The van der Waals surface area contributed by atoms with Gasteiger partial charge in [-0.25, -0.2) is 0 Å². The Labute approximate surface area is 106 Å². The molecule has 1 aromatic heterocycles. The second-order valence-electron chi connectivity index (χ2n) is 4.05. The minimum atomic E-state index is -0.122. The van der Waals surface area contributed by atoms with Crippen LogP contribution in [-0.4, -0.2) is 45.2 Å². The first kappa shape index (κ1) is 14.0. The molecule has 0 atom stereocenters. The lowest BCUT2D eigenvalue weighted by Crippen LogP contribution is -2.32. The van der Waals surface area contributed by atoms with E-state index < -0.39 is 0 Å². The molecule has 0 aliphatic heterocycles. The van der Waals surface area contributed by atoms with Crippen molar-refractivity contribution in [1.29, 1.82) is 0 Å². The number of carbonyl (C=O) groups excluding carboxylic acids is 1. The summed E-state index contributed by atoms with van der Waals surface area (Å²) in [5, 5.41) is 15.5. The van der Waals surface area contributed by atoms with E-state index in [1.165, 1.54) is 4.90 Å². The molecule has 18 heavy (non-hydrogen) atoms. The first-order valence-corrected chi connectivity index (χ1v) is 5.75. The topological polar surface area (TPSA) is 96.7 Å². The number of amidine groups is 1. The Kier molecular flexibility index (Phi) is 4.70. The smallest absolute Gasteiger partial charge is 0.271 e. The van der Waals surface area contributed by atoms with Crippen molar-refractivity contribution in [1.82, 2.24) is 14.7 Å². The predicted molar refractivity (Wildman–Crippen MR) is 67.6 cm³/mol. The highest BCUT2D eigenvalue weighted by Crippen LogP contribution is 2.07. The summed E-state index contributed by atoms with van der Waals surface area (Å²) >= 11 is 0. The second kappa shape index (κ2) is 6.04. The lowest BCUT2D eigenvalue weighted by molar-refractivity contribution is 0.0786. The zero-order chi connectivity index (χ0) is 13.7. The minimum Gasteiger partial charge on any atom is -0.409 e. The molecule has 1 heterocycles. The van der Waals surface area contributed by atoms with Crippen LogP contribution in [0, 0.1) is 6.92 Å². The molecule has 0 unspecified atom stereocenters. The molecule has 1 aromatic rings. The van der Waals surface area contributed by atoms with Crippen LogP contribution < -0.4 is 5.73 Å². The van der Waals surface area contributed by atoms with Gasteiger partial charge in [-0.2, -0.15) is 5.10 Å². The highest BCUT2D eigenvalue weighted by molar-refractivity contribution is 5.93. The van der Waals surface area contributed by atoms with Crippen molar-refractivity contribution >= 4 is 11.7 Å². The van der Waals surface area contributed by atoms with Gasteiger partial charge in [0.1, 0.15) is 11.5 Å². The third-order valence-corrected chi connectivity index (χ3v) is 2.60. The molecule has 3 N–H and O–H groups in total. The van der Waals surface area contributed by atoms with Gasteiger partial charge in [0, 0.05) is 26.6 Å². The van der Waals surface area contributed by atoms with Gasteiger partial charge in [-0.15, -0.1) is 0 Å². The van der Waals surface area contributed by atoms with Crippen LogP contribution in [0.15, 0.2) is 11.2 Å². The number of hydrogen-bond acceptors (Lipinski definition) is 4. The summed E-state index contributed by atoms with van der Waals surface area (Å²) in [6.07, 6.45) is 0.331. The van der Waals surface area contributed by atoms with Crippen LogP contribution in [0.1, 0.15) is 29.5 Å². The van der Waals surface area contributed by atoms with Crippen LogP contribution in [0.3, 0.4) is 0 Å². The van der Waals surface area contributed by atoms with Gasteiger partial charge < -0.3 is 15.8 Å². The Bertz CT molecular complexity index is 452. The molecule has 0 aliphatic carbocycles. The molecular formula is C11H19N5O2. The normalized spacial score (nSPS) is 11.6. The monoisotopic (exact) mass is 253 g/mol. The SMILES string of the molecule is CCn1nc(C)cc1C(=O)N(C)CCC(N)=NO. The summed E-state index contributed by atoms with van der Waals surface area (Å²) in [6.45, 7) is 4.81. The van der Waals surface area contributed by atoms with Crippen molar-refractivity contribution in [2.75, 3.05) is 13.6 Å². The fraction of sp³-hybridized carbons (Fsp3) is 0.545. The van der Waals surface area contributed by atoms with E-state index in [0.717, 1.165) is 5.69 Å². The fourth-order valence-electron chi connectivity index (χ4n) is 1.59. The van der Waals surface area contributed by atoms with Crippen molar-refractivity contribution in [3.05, 3.63) is 17.5 Å². The van der Waals surface area contributed by atoms with Gasteiger partial charge in [0.2, 0.25) is 0 Å². The number of carbonyl (C=O) groups is 1. The van der Waals surface area contributed by atoms with Gasteiger partial charge in [-0.05, 0) is 19.9 Å². The molecule has 0 radical (unpaired) electrons. The summed E-state index contributed by atoms with van der Waals surface area (Å²) in [4.78, 5) is 13.7. The molecule has 0 aromatic carbocycles. The number of oxime groups is 1. The van der Waals surface area contributed by atoms with Gasteiger partial charge in [-0.3, -0.25) is 9.48 Å². The van der Waals surface area contributed by atoms with Crippen molar-refractivity contribution in [3.63, 3.8) is 0 Å². The standard InChI is InChI=1S/C11H19N5O2/c1-4-16-9(7-8(2)13-16)11(17)15(3)6-5-10(12)14-18/h7,18H,4-6H2,1-3H3,(H2,12,14). The Morgan fingerprint density at radius 3 is 2.89 bits per heavy atom. The molecule has 7 heteroatoms. The first-order valence-electron chi connectivity index (χ1n) is 5.75. The molecule has 0 fully saturated rings. The molecule has 7 nitrogen and oxygen atoms in total. The highest BCUT2D eigenvalue weighted by Gasteiger charge is 2.17. The van der Waals surface area contributed by atoms with E-state index in [1.807, 2.05) is 13.8 Å². The second-order valence-corrected chi connectivity index (χ2v) is 4.05. The van der Waals surface area contributed by atoms with Crippen LogP contribution in [0.2, 0.25) is 0 Å². The Morgan fingerprint density at radius 2 is 2.33 bits per heavy atom. The molecule has 0 spiro atoms. The number of rotatable bonds is 5. The van der Waals surface area contributed by atoms with E-state index in [0.29, 0.717) is 25.2 Å². The Hall–Kier alpha value is -2.05. The number of hydrogen-bond donors (Lipinski definition) is 2. The summed E-state index contributed by atoms with van der Waals surface area (Å²) < 4.78 is 1.66. The van der Waals surface area contributed by atoms with Gasteiger partial charge in [0.05, 0.1) is 5.69 Å². The Balaban J connectivity index is 2.74. The third-order valence-electron chi connectivity index (χ3n) is 2.60. The lowest BCUT2D eigenvalue weighted by atomic mass is 10.3. The maximum atomic E-state index is 12.2. The molecule has 1 amide bonds. The number of nitrogens with zero attached hydrogens (tertiary/aromatic N) is 4. The largest absolute Gasteiger partial charge is 0.409 e. The first-order chi connectivity index (χ1) is 8.49. The summed E-state index contributed by atoms with van der Waals surface area (Å²) in [7, 11) is 1.68. The van der Waals surface area contributed by atoms with Crippen LogP contribution in [0.25, 0.3) is 0 Å². The molecule has 0 aliphatic rings. The maximum absolute atomic E-state index is 12.2. The predicted octanol–water partition coefficient (Wildman–Crippen LogP) is 0.420. The molecule has 1 rings (SSSR count). The van der Waals surface area contributed by atoms with Gasteiger partial charge in [-0.1, -0.05) is 5.16 Å². The van der Waals surface area contributed by atoms with Crippen molar-refractivity contribution in [3.8, 4) is 0 Å². The number of nitrogens with two attached hydrogens (primary N) is 1. The molecule has 100 valence electrons. The Morgan fingerprint density at radius 1 is 1.67 bits per heavy atom. The maximum Gasteiger partial charge on any atom is 0.271 e.